The standard InChI is InChI=1S/C7H11ClF2O/c8-7(9,10)6(11)5-3-1-2-4-5/h5-6,11H,1-4H2. The lowest BCUT2D eigenvalue weighted by molar-refractivity contribution is -0.0693. The second-order valence-electron chi connectivity index (χ2n) is 3.03. The zero-order valence-corrected chi connectivity index (χ0v) is 6.82. The molecule has 11 heavy (non-hydrogen) atoms. The molecule has 0 aliphatic heterocycles. The molecule has 0 aromatic rings. The molecule has 0 aromatic carbocycles. The molecule has 0 aromatic heterocycles. The van der Waals surface area contributed by atoms with Crippen LogP contribution in [0.1, 0.15) is 25.7 Å². The van der Waals surface area contributed by atoms with E-state index in [4.69, 9.17) is 5.11 Å². The van der Waals surface area contributed by atoms with Gasteiger partial charge in [-0.15, -0.1) is 0 Å². The molecule has 0 spiro atoms. The van der Waals surface area contributed by atoms with Gasteiger partial charge in [-0.25, -0.2) is 0 Å². The Hall–Kier alpha value is 0.110. The summed E-state index contributed by atoms with van der Waals surface area (Å²) < 4.78 is 24.6. The Balaban J connectivity index is 2.46. The summed E-state index contributed by atoms with van der Waals surface area (Å²) in [6.07, 6.45) is 1.53. The molecule has 1 aliphatic carbocycles. The molecule has 4 heteroatoms. The van der Waals surface area contributed by atoms with Gasteiger partial charge in [0.1, 0.15) is 6.10 Å². The lowest BCUT2D eigenvalue weighted by Gasteiger charge is -2.21. The molecule has 1 fully saturated rings. The van der Waals surface area contributed by atoms with Crippen molar-refractivity contribution in [3.8, 4) is 0 Å². The van der Waals surface area contributed by atoms with Crippen LogP contribution >= 0.6 is 11.6 Å². The highest BCUT2D eigenvalue weighted by Gasteiger charge is 2.41. The summed E-state index contributed by atoms with van der Waals surface area (Å²) in [6, 6.07) is 0. The number of aliphatic hydroxyl groups excluding tert-OH is 1. The van der Waals surface area contributed by atoms with Gasteiger partial charge in [-0.2, -0.15) is 8.78 Å². The molecule has 1 aliphatic rings. The second-order valence-corrected chi connectivity index (χ2v) is 3.53. The van der Waals surface area contributed by atoms with Gasteiger partial charge in [0.2, 0.25) is 0 Å². The summed E-state index contributed by atoms with van der Waals surface area (Å²) in [5.74, 6) is -0.303. The smallest absolute Gasteiger partial charge is 0.347 e. The maximum absolute atomic E-state index is 12.3. The highest BCUT2D eigenvalue weighted by molar-refractivity contribution is 6.22. The minimum absolute atomic E-state index is 0.303. The summed E-state index contributed by atoms with van der Waals surface area (Å²) in [5, 5.41) is 5.55. The first kappa shape index (κ1) is 9.20. The molecule has 0 bridgehead atoms. The van der Waals surface area contributed by atoms with Gasteiger partial charge in [0.25, 0.3) is 0 Å². The predicted octanol–water partition coefficient (Wildman–Crippen LogP) is 2.37. The van der Waals surface area contributed by atoms with E-state index in [0.717, 1.165) is 12.8 Å². The minimum Gasteiger partial charge on any atom is -0.385 e. The first-order valence-corrected chi connectivity index (χ1v) is 4.14. The van der Waals surface area contributed by atoms with Crippen molar-refractivity contribution >= 4 is 11.6 Å². The average Bonchev–Trinajstić information content (AvgIpc) is 2.34. The molecule has 1 nitrogen and oxygen atoms in total. The van der Waals surface area contributed by atoms with Gasteiger partial charge in [-0.05, 0) is 30.4 Å². The van der Waals surface area contributed by atoms with Gasteiger partial charge < -0.3 is 5.11 Å². The van der Waals surface area contributed by atoms with Crippen LogP contribution in [-0.4, -0.2) is 16.6 Å². The van der Waals surface area contributed by atoms with Crippen LogP contribution in [-0.2, 0) is 0 Å². The molecule has 1 atom stereocenters. The zero-order chi connectivity index (χ0) is 8.48. The van der Waals surface area contributed by atoms with Gasteiger partial charge in [-0.1, -0.05) is 12.8 Å². The molecule has 66 valence electrons. The summed E-state index contributed by atoms with van der Waals surface area (Å²) in [5.41, 5.74) is 0. The Morgan fingerprint density at radius 1 is 1.36 bits per heavy atom. The van der Waals surface area contributed by atoms with Crippen molar-refractivity contribution in [3.63, 3.8) is 0 Å². The molecule has 1 rings (SSSR count). The molecule has 0 radical (unpaired) electrons. The lowest BCUT2D eigenvalue weighted by Crippen LogP contribution is -2.33. The van der Waals surface area contributed by atoms with Crippen molar-refractivity contribution in [2.45, 2.75) is 37.2 Å². The second kappa shape index (κ2) is 3.23. The number of alkyl halides is 3. The van der Waals surface area contributed by atoms with Crippen LogP contribution < -0.4 is 0 Å². The topological polar surface area (TPSA) is 20.2 Å². The van der Waals surface area contributed by atoms with Crippen molar-refractivity contribution in [2.75, 3.05) is 0 Å². The van der Waals surface area contributed by atoms with Crippen LogP contribution in [0.15, 0.2) is 0 Å². The van der Waals surface area contributed by atoms with E-state index in [1.807, 2.05) is 0 Å². The molecule has 0 saturated heterocycles. The average molecular weight is 185 g/mol. The third-order valence-electron chi connectivity index (χ3n) is 2.18. The fraction of sp³-hybridized carbons (Fsp3) is 1.00. The molecule has 1 unspecified atom stereocenters. The van der Waals surface area contributed by atoms with Gasteiger partial charge in [-0.3, -0.25) is 0 Å². The maximum Gasteiger partial charge on any atom is 0.347 e. The molecule has 1 N–H and O–H groups in total. The van der Waals surface area contributed by atoms with Gasteiger partial charge in [0.15, 0.2) is 0 Å². The fourth-order valence-electron chi connectivity index (χ4n) is 1.54. The van der Waals surface area contributed by atoms with Crippen LogP contribution in [0.4, 0.5) is 8.78 Å². The number of halogens is 3. The third kappa shape index (κ3) is 2.27. The summed E-state index contributed by atoms with van der Waals surface area (Å²) in [6.45, 7) is 0. The molecular formula is C7H11ClF2O. The van der Waals surface area contributed by atoms with Crippen molar-refractivity contribution < 1.29 is 13.9 Å². The van der Waals surface area contributed by atoms with Gasteiger partial charge in [0, 0.05) is 0 Å². The highest BCUT2D eigenvalue weighted by atomic mass is 35.5. The summed E-state index contributed by atoms with van der Waals surface area (Å²) in [7, 11) is 0. The number of hydrogen-bond donors (Lipinski definition) is 1. The van der Waals surface area contributed by atoms with Crippen LogP contribution in [0.3, 0.4) is 0 Å². The van der Waals surface area contributed by atoms with E-state index >= 15 is 0 Å². The van der Waals surface area contributed by atoms with Crippen molar-refractivity contribution in [3.05, 3.63) is 0 Å². The SMILES string of the molecule is OC(C1CCCC1)C(F)(F)Cl. The van der Waals surface area contributed by atoms with E-state index in [9.17, 15) is 8.78 Å². The van der Waals surface area contributed by atoms with E-state index in [2.05, 4.69) is 11.6 Å². The summed E-state index contributed by atoms with van der Waals surface area (Å²) >= 11 is 4.68. The monoisotopic (exact) mass is 184 g/mol. The number of aliphatic hydroxyl groups is 1. The largest absolute Gasteiger partial charge is 0.385 e. The third-order valence-corrected chi connectivity index (χ3v) is 2.41. The van der Waals surface area contributed by atoms with Gasteiger partial charge in [0.05, 0.1) is 0 Å². The van der Waals surface area contributed by atoms with E-state index in [1.165, 1.54) is 0 Å². The highest BCUT2D eigenvalue weighted by Crippen LogP contribution is 2.36. The van der Waals surface area contributed by atoms with Crippen LogP contribution in [0.2, 0.25) is 0 Å². The molecule has 0 amide bonds. The molecular weight excluding hydrogens is 174 g/mol. The molecule has 0 heterocycles. The Labute approximate surface area is 69.4 Å². The van der Waals surface area contributed by atoms with E-state index in [1.54, 1.807) is 0 Å². The van der Waals surface area contributed by atoms with Crippen molar-refractivity contribution in [1.29, 1.82) is 0 Å². The first-order chi connectivity index (χ1) is 5.02. The van der Waals surface area contributed by atoms with Crippen LogP contribution in [0, 0.1) is 5.92 Å². The Morgan fingerprint density at radius 3 is 2.18 bits per heavy atom. The quantitative estimate of drug-likeness (QED) is 0.654. The maximum atomic E-state index is 12.3. The van der Waals surface area contributed by atoms with E-state index in [-0.39, 0.29) is 5.92 Å². The van der Waals surface area contributed by atoms with Crippen LogP contribution in [0.25, 0.3) is 0 Å². The predicted molar refractivity (Wildman–Crippen MR) is 38.8 cm³/mol. The van der Waals surface area contributed by atoms with E-state index in [0.29, 0.717) is 12.8 Å². The summed E-state index contributed by atoms with van der Waals surface area (Å²) in [4.78, 5) is 0. The minimum atomic E-state index is -3.45. The Bertz CT molecular complexity index is 129. The van der Waals surface area contributed by atoms with E-state index < -0.39 is 11.5 Å². The number of rotatable bonds is 2. The van der Waals surface area contributed by atoms with Gasteiger partial charge >= 0.3 is 5.38 Å². The number of hydrogen-bond acceptors (Lipinski definition) is 1. The zero-order valence-electron chi connectivity index (χ0n) is 6.06. The van der Waals surface area contributed by atoms with Crippen molar-refractivity contribution in [2.24, 2.45) is 5.92 Å². The first-order valence-electron chi connectivity index (χ1n) is 3.76. The van der Waals surface area contributed by atoms with Crippen molar-refractivity contribution in [1.82, 2.24) is 0 Å². The molecule has 1 saturated carbocycles. The fourth-order valence-corrected chi connectivity index (χ4v) is 1.72. The van der Waals surface area contributed by atoms with Crippen LogP contribution in [0.5, 0.6) is 0 Å². The Kier molecular flexibility index (Phi) is 2.70. The lowest BCUT2D eigenvalue weighted by atomic mass is 10.0. The Morgan fingerprint density at radius 2 is 1.82 bits per heavy atom. The normalized spacial score (nSPS) is 24.0.